The maximum Gasteiger partial charge on any atom is 0.113 e. The van der Waals surface area contributed by atoms with E-state index in [4.69, 9.17) is 0 Å². The van der Waals surface area contributed by atoms with Crippen LogP contribution in [0.5, 0.6) is 0 Å². The Morgan fingerprint density at radius 3 is 1.74 bits per heavy atom. The smallest absolute Gasteiger partial charge is 0.0623 e. The molecule has 0 fully saturated rings. The SMILES string of the molecule is C[Si]1(C)c2ccccc2-c2cc3c(-c4cc5ccccc5c5ccccc45)c4ccc(-c5ccccc5)cc4c(-c4cccc5ccccc45)c3cc21. The molecule has 0 amide bonds. The van der Waals surface area contributed by atoms with E-state index >= 15 is 0 Å². The Balaban J connectivity index is 1.39. The number of fused-ring (bicyclic) bond motifs is 9. The van der Waals surface area contributed by atoms with Gasteiger partial charge in [0, 0.05) is 0 Å². The molecule has 10 aromatic carbocycles. The normalized spacial score (nSPS) is 13.2. The third-order valence-corrected chi connectivity index (χ3v) is 15.6. The molecule has 0 aliphatic carbocycles. The first kappa shape index (κ1) is 30.4. The van der Waals surface area contributed by atoms with Crippen LogP contribution in [0.25, 0.3) is 98.4 Å². The molecule has 1 heteroatoms. The standard InChI is InChI=1S/C52H36Si/c1-53(2)49-26-13-12-24-41(49)44-31-47-48(32-50(44)53)51(42-25-14-19-34-17-6-8-20-37(34)42)46-29-35(33-15-4-3-5-16-33)27-28-43(46)52(47)45-30-36-18-7-9-21-38(36)39-22-10-11-23-40(39)45/h3-32H,1-2H3. The lowest BCUT2D eigenvalue weighted by molar-refractivity contribution is 1.64. The van der Waals surface area contributed by atoms with Crippen LogP contribution >= 0.6 is 0 Å². The summed E-state index contributed by atoms with van der Waals surface area (Å²) >= 11 is 0. The van der Waals surface area contributed by atoms with Crippen LogP contribution in [0.1, 0.15) is 0 Å². The summed E-state index contributed by atoms with van der Waals surface area (Å²) in [6.07, 6.45) is 0. The zero-order chi connectivity index (χ0) is 35.3. The van der Waals surface area contributed by atoms with Gasteiger partial charge in [-0.25, -0.2) is 0 Å². The molecule has 53 heavy (non-hydrogen) atoms. The second-order valence-electron chi connectivity index (χ2n) is 15.2. The van der Waals surface area contributed by atoms with Crippen molar-refractivity contribution >= 4 is 72.3 Å². The zero-order valence-corrected chi connectivity index (χ0v) is 30.8. The van der Waals surface area contributed by atoms with E-state index in [1.807, 2.05) is 0 Å². The van der Waals surface area contributed by atoms with Crippen molar-refractivity contribution in [2.75, 3.05) is 0 Å². The summed E-state index contributed by atoms with van der Waals surface area (Å²) in [5.74, 6) is 0. The summed E-state index contributed by atoms with van der Waals surface area (Å²) in [7, 11) is -1.98. The lowest BCUT2D eigenvalue weighted by Crippen LogP contribution is -2.49. The maximum atomic E-state index is 2.62. The van der Waals surface area contributed by atoms with Crippen LogP contribution in [-0.2, 0) is 0 Å². The molecule has 0 radical (unpaired) electrons. The lowest BCUT2D eigenvalue weighted by atomic mass is 9.81. The Hall–Kier alpha value is -6.28. The fourth-order valence-corrected chi connectivity index (χ4v) is 12.6. The lowest BCUT2D eigenvalue weighted by Gasteiger charge is -2.24. The van der Waals surface area contributed by atoms with Gasteiger partial charge < -0.3 is 0 Å². The zero-order valence-electron chi connectivity index (χ0n) is 29.8. The second-order valence-corrected chi connectivity index (χ2v) is 19.5. The fraction of sp³-hybridized carbons (Fsp3) is 0.0385. The molecule has 0 unspecified atom stereocenters. The van der Waals surface area contributed by atoms with Gasteiger partial charge in [0.1, 0.15) is 8.07 Å². The first-order valence-electron chi connectivity index (χ1n) is 18.7. The molecule has 248 valence electrons. The van der Waals surface area contributed by atoms with E-state index in [2.05, 4.69) is 195 Å². The molecule has 0 saturated carbocycles. The maximum absolute atomic E-state index is 2.62. The highest BCUT2D eigenvalue weighted by Crippen LogP contribution is 2.49. The highest BCUT2D eigenvalue weighted by molar-refractivity contribution is 7.04. The average Bonchev–Trinajstić information content (AvgIpc) is 3.44. The molecule has 10 aromatic rings. The molecule has 11 rings (SSSR count). The van der Waals surface area contributed by atoms with Crippen molar-refractivity contribution in [3.8, 4) is 44.5 Å². The summed E-state index contributed by atoms with van der Waals surface area (Å²) in [5.41, 5.74) is 10.5. The van der Waals surface area contributed by atoms with E-state index in [9.17, 15) is 0 Å². The van der Waals surface area contributed by atoms with Crippen LogP contribution in [0.4, 0.5) is 0 Å². The summed E-state index contributed by atoms with van der Waals surface area (Å²) < 4.78 is 0. The molecule has 0 saturated heterocycles. The van der Waals surface area contributed by atoms with Crippen LogP contribution in [0.3, 0.4) is 0 Å². The Morgan fingerprint density at radius 2 is 0.887 bits per heavy atom. The van der Waals surface area contributed by atoms with E-state index in [-0.39, 0.29) is 0 Å². The largest absolute Gasteiger partial charge is 0.113 e. The van der Waals surface area contributed by atoms with Crippen molar-refractivity contribution in [3.05, 3.63) is 182 Å². The molecular formula is C52H36Si. The van der Waals surface area contributed by atoms with Gasteiger partial charge in [-0.05, 0) is 127 Å². The van der Waals surface area contributed by atoms with Crippen molar-refractivity contribution in [1.29, 1.82) is 0 Å². The van der Waals surface area contributed by atoms with Gasteiger partial charge in [-0.3, -0.25) is 0 Å². The average molecular weight is 689 g/mol. The molecule has 0 nitrogen and oxygen atoms in total. The highest BCUT2D eigenvalue weighted by atomic mass is 28.3. The predicted octanol–water partition coefficient (Wildman–Crippen LogP) is 13.3. The second kappa shape index (κ2) is 11.4. The summed E-state index contributed by atoms with van der Waals surface area (Å²) in [6.45, 7) is 5.07. The van der Waals surface area contributed by atoms with Crippen LogP contribution < -0.4 is 10.4 Å². The van der Waals surface area contributed by atoms with Gasteiger partial charge in [0.25, 0.3) is 0 Å². The molecule has 1 aliphatic rings. The quantitative estimate of drug-likeness (QED) is 0.0985. The van der Waals surface area contributed by atoms with Gasteiger partial charge in [0.05, 0.1) is 0 Å². The monoisotopic (exact) mass is 688 g/mol. The van der Waals surface area contributed by atoms with E-state index in [1.165, 1.54) is 109 Å². The molecular weight excluding hydrogens is 653 g/mol. The first-order valence-corrected chi connectivity index (χ1v) is 21.7. The molecule has 1 heterocycles. The third kappa shape index (κ3) is 4.41. The third-order valence-electron chi connectivity index (χ3n) is 12.0. The first-order chi connectivity index (χ1) is 26.1. The van der Waals surface area contributed by atoms with Gasteiger partial charge >= 0.3 is 0 Å². The Morgan fingerprint density at radius 1 is 0.283 bits per heavy atom. The Kier molecular flexibility index (Phi) is 6.50. The van der Waals surface area contributed by atoms with Gasteiger partial charge in [0.15, 0.2) is 0 Å². The van der Waals surface area contributed by atoms with Gasteiger partial charge in [-0.2, -0.15) is 0 Å². The predicted molar refractivity (Wildman–Crippen MR) is 232 cm³/mol. The van der Waals surface area contributed by atoms with Gasteiger partial charge in [0.2, 0.25) is 0 Å². The van der Waals surface area contributed by atoms with Crippen LogP contribution in [-0.4, -0.2) is 8.07 Å². The fourth-order valence-electron chi connectivity index (χ4n) is 9.52. The van der Waals surface area contributed by atoms with E-state index in [1.54, 1.807) is 0 Å². The van der Waals surface area contributed by atoms with Crippen molar-refractivity contribution in [2.45, 2.75) is 13.1 Å². The summed E-state index contributed by atoms with van der Waals surface area (Å²) in [4.78, 5) is 0. The van der Waals surface area contributed by atoms with Crippen LogP contribution in [0.15, 0.2) is 182 Å². The Bertz CT molecular complexity index is 3130. The van der Waals surface area contributed by atoms with Gasteiger partial charge in [-0.15, -0.1) is 0 Å². The number of rotatable bonds is 3. The minimum Gasteiger partial charge on any atom is -0.0623 e. The van der Waals surface area contributed by atoms with E-state index in [0.717, 1.165) is 0 Å². The van der Waals surface area contributed by atoms with Crippen LogP contribution in [0.2, 0.25) is 13.1 Å². The minimum absolute atomic E-state index is 1.23. The summed E-state index contributed by atoms with van der Waals surface area (Å²) in [5, 5.41) is 16.0. The highest BCUT2D eigenvalue weighted by Gasteiger charge is 2.38. The molecule has 0 bridgehead atoms. The van der Waals surface area contributed by atoms with Crippen molar-refractivity contribution in [1.82, 2.24) is 0 Å². The van der Waals surface area contributed by atoms with Gasteiger partial charge in [-0.1, -0.05) is 177 Å². The van der Waals surface area contributed by atoms with Crippen molar-refractivity contribution in [3.63, 3.8) is 0 Å². The number of benzene rings is 10. The molecule has 0 aromatic heterocycles. The molecule has 0 spiro atoms. The minimum atomic E-state index is -1.98. The number of hydrogen-bond acceptors (Lipinski definition) is 0. The van der Waals surface area contributed by atoms with Crippen molar-refractivity contribution in [2.24, 2.45) is 0 Å². The summed E-state index contributed by atoms with van der Waals surface area (Å²) in [6, 6.07) is 68.5. The molecule has 0 atom stereocenters. The number of hydrogen-bond donors (Lipinski definition) is 0. The molecule has 1 aliphatic heterocycles. The topological polar surface area (TPSA) is 0 Å². The van der Waals surface area contributed by atoms with E-state index in [0.29, 0.717) is 0 Å². The molecule has 0 N–H and O–H groups in total. The Labute approximate surface area is 310 Å². The van der Waals surface area contributed by atoms with E-state index < -0.39 is 8.07 Å². The van der Waals surface area contributed by atoms with Crippen molar-refractivity contribution < 1.29 is 0 Å². The van der Waals surface area contributed by atoms with Crippen LogP contribution in [0, 0.1) is 0 Å².